The average molecular weight is 377 g/mol. The van der Waals surface area contributed by atoms with Crippen LogP contribution in [0.5, 0.6) is 5.75 Å². The molecule has 1 aromatic rings. The predicted octanol–water partition coefficient (Wildman–Crippen LogP) is 2.81. The Morgan fingerprint density at radius 3 is 2.54 bits per heavy atom. The maximum atomic E-state index is 12.2. The molecule has 24 heavy (non-hydrogen) atoms. The second kappa shape index (κ2) is 9.11. The van der Waals surface area contributed by atoms with Crippen molar-refractivity contribution in [2.75, 3.05) is 32.1 Å². The van der Waals surface area contributed by atoms with Gasteiger partial charge in [0, 0.05) is 11.1 Å². The van der Waals surface area contributed by atoms with E-state index in [1.807, 2.05) is 11.8 Å². The van der Waals surface area contributed by atoms with Gasteiger partial charge in [-0.1, -0.05) is 11.6 Å². The quantitative estimate of drug-likeness (QED) is 0.825. The van der Waals surface area contributed by atoms with E-state index in [1.54, 1.807) is 12.1 Å². The molecule has 6 nitrogen and oxygen atoms in total. The van der Waals surface area contributed by atoms with Gasteiger partial charge in [-0.3, -0.25) is 14.5 Å². The molecule has 0 atom stereocenters. The van der Waals surface area contributed by atoms with Crippen molar-refractivity contribution in [3.8, 4) is 5.75 Å². The van der Waals surface area contributed by atoms with E-state index >= 15 is 0 Å². The lowest BCUT2D eigenvalue weighted by Crippen LogP contribution is -2.40. The van der Waals surface area contributed by atoms with Crippen LogP contribution in [0, 0.1) is 12.8 Å². The van der Waals surface area contributed by atoms with E-state index in [0.29, 0.717) is 42.4 Å². The first-order valence-corrected chi connectivity index (χ1v) is 7.87. The van der Waals surface area contributed by atoms with E-state index in [1.165, 1.54) is 7.11 Å². The van der Waals surface area contributed by atoms with Crippen LogP contribution in [-0.2, 0) is 9.59 Å². The van der Waals surface area contributed by atoms with Crippen LogP contribution in [0.3, 0.4) is 0 Å². The van der Waals surface area contributed by atoms with Gasteiger partial charge in [0.05, 0.1) is 25.3 Å². The molecule has 1 aromatic carbocycles. The van der Waals surface area contributed by atoms with Gasteiger partial charge < -0.3 is 15.2 Å². The highest BCUT2D eigenvalue weighted by molar-refractivity contribution is 6.31. The number of ether oxygens (including phenoxy) is 1. The molecule has 1 aliphatic rings. The van der Waals surface area contributed by atoms with Crippen LogP contribution >= 0.6 is 24.0 Å². The number of carboxylic acids is 1. The summed E-state index contributed by atoms with van der Waals surface area (Å²) < 4.78 is 5.23. The highest BCUT2D eigenvalue weighted by Gasteiger charge is 2.25. The summed E-state index contributed by atoms with van der Waals surface area (Å²) in [4.78, 5) is 25.1. The van der Waals surface area contributed by atoms with E-state index < -0.39 is 5.97 Å². The number of piperidine rings is 1. The molecule has 1 aliphatic heterocycles. The van der Waals surface area contributed by atoms with Crippen LogP contribution in [0.1, 0.15) is 18.4 Å². The highest BCUT2D eigenvalue weighted by Crippen LogP contribution is 2.31. The molecule has 0 radical (unpaired) electrons. The fourth-order valence-electron chi connectivity index (χ4n) is 2.66. The van der Waals surface area contributed by atoms with Gasteiger partial charge in [0.15, 0.2) is 0 Å². The van der Waals surface area contributed by atoms with Crippen molar-refractivity contribution < 1.29 is 19.4 Å². The molecular formula is C16H22Cl2N2O4. The van der Waals surface area contributed by atoms with Crippen molar-refractivity contribution in [2.24, 2.45) is 5.92 Å². The van der Waals surface area contributed by atoms with Gasteiger partial charge in [-0.05, 0) is 44.5 Å². The van der Waals surface area contributed by atoms with Crippen LogP contribution in [0.25, 0.3) is 0 Å². The number of methoxy groups -OCH3 is 1. The van der Waals surface area contributed by atoms with Crippen LogP contribution in [0.2, 0.25) is 5.02 Å². The number of carbonyl (C=O) groups excluding carboxylic acids is 1. The van der Waals surface area contributed by atoms with E-state index in [4.69, 9.17) is 21.4 Å². The summed E-state index contributed by atoms with van der Waals surface area (Å²) in [5.74, 6) is -0.693. The maximum absolute atomic E-state index is 12.2. The van der Waals surface area contributed by atoms with Crippen LogP contribution in [-0.4, -0.2) is 48.6 Å². The predicted molar refractivity (Wildman–Crippen MR) is 95.4 cm³/mol. The van der Waals surface area contributed by atoms with Crippen molar-refractivity contribution in [1.29, 1.82) is 0 Å². The zero-order valence-corrected chi connectivity index (χ0v) is 15.2. The zero-order valence-electron chi connectivity index (χ0n) is 13.7. The molecule has 1 amide bonds. The topological polar surface area (TPSA) is 78.9 Å². The van der Waals surface area contributed by atoms with E-state index in [9.17, 15) is 9.59 Å². The van der Waals surface area contributed by atoms with Crippen LogP contribution in [0.4, 0.5) is 5.69 Å². The number of hydrogen-bond acceptors (Lipinski definition) is 4. The highest BCUT2D eigenvalue weighted by atomic mass is 35.5. The lowest BCUT2D eigenvalue weighted by molar-refractivity contribution is -0.143. The number of benzene rings is 1. The van der Waals surface area contributed by atoms with Gasteiger partial charge in [-0.2, -0.15) is 0 Å². The molecule has 1 heterocycles. The lowest BCUT2D eigenvalue weighted by atomic mass is 9.97. The zero-order chi connectivity index (χ0) is 17.0. The molecule has 2 rings (SSSR count). The first-order valence-electron chi connectivity index (χ1n) is 7.50. The number of rotatable bonds is 5. The molecule has 1 saturated heterocycles. The normalized spacial score (nSPS) is 15.5. The van der Waals surface area contributed by atoms with Crippen molar-refractivity contribution in [1.82, 2.24) is 4.90 Å². The molecule has 2 N–H and O–H groups in total. The van der Waals surface area contributed by atoms with Gasteiger partial charge in [-0.15, -0.1) is 12.4 Å². The van der Waals surface area contributed by atoms with Gasteiger partial charge >= 0.3 is 5.97 Å². The number of anilines is 1. The summed E-state index contributed by atoms with van der Waals surface area (Å²) in [6.07, 6.45) is 1.15. The Morgan fingerprint density at radius 1 is 1.38 bits per heavy atom. The van der Waals surface area contributed by atoms with Crippen molar-refractivity contribution in [3.63, 3.8) is 0 Å². The standard InChI is InChI=1S/C16H21ClN2O4.ClH/c1-10-7-13(14(23-2)8-12(10)17)18-15(20)9-19-5-3-11(4-6-19)16(21)22;/h7-8,11H,3-6,9H2,1-2H3,(H,18,20)(H,21,22);1H. The second-order valence-corrected chi connectivity index (χ2v) is 6.15. The van der Waals surface area contributed by atoms with Crippen LogP contribution < -0.4 is 10.1 Å². The number of nitrogens with one attached hydrogen (secondary N) is 1. The van der Waals surface area contributed by atoms with Crippen molar-refractivity contribution >= 4 is 41.6 Å². The Bertz CT molecular complexity index is 602. The Hall–Kier alpha value is -1.50. The van der Waals surface area contributed by atoms with Gasteiger partial charge in [0.1, 0.15) is 5.75 Å². The summed E-state index contributed by atoms with van der Waals surface area (Å²) >= 11 is 6.05. The van der Waals surface area contributed by atoms with Gasteiger partial charge in [0.25, 0.3) is 0 Å². The number of carboxylic acid groups (broad SMARTS) is 1. The second-order valence-electron chi connectivity index (χ2n) is 5.74. The summed E-state index contributed by atoms with van der Waals surface area (Å²) in [5.41, 5.74) is 1.44. The van der Waals surface area contributed by atoms with Gasteiger partial charge in [-0.25, -0.2) is 0 Å². The first kappa shape index (κ1) is 20.5. The first-order chi connectivity index (χ1) is 10.9. The van der Waals surface area contributed by atoms with Crippen LogP contribution in [0.15, 0.2) is 12.1 Å². The Labute approximate surface area is 152 Å². The van der Waals surface area contributed by atoms with Gasteiger partial charge in [0.2, 0.25) is 5.91 Å². The van der Waals surface area contributed by atoms with E-state index in [2.05, 4.69) is 5.32 Å². The number of carbonyl (C=O) groups is 2. The SMILES string of the molecule is COc1cc(Cl)c(C)cc1NC(=O)CN1CCC(C(=O)O)CC1.Cl. The average Bonchev–Trinajstić information content (AvgIpc) is 2.51. The third-order valence-electron chi connectivity index (χ3n) is 4.06. The monoisotopic (exact) mass is 376 g/mol. The van der Waals surface area contributed by atoms with E-state index in [0.717, 1.165) is 5.56 Å². The minimum Gasteiger partial charge on any atom is -0.495 e. The summed E-state index contributed by atoms with van der Waals surface area (Å²) in [5, 5.41) is 12.4. The van der Waals surface area contributed by atoms with Crippen molar-refractivity contribution in [2.45, 2.75) is 19.8 Å². The fraction of sp³-hybridized carbons (Fsp3) is 0.500. The fourth-order valence-corrected chi connectivity index (χ4v) is 2.81. The summed E-state index contributed by atoms with van der Waals surface area (Å²) in [6.45, 7) is 3.31. The molecule has 1 fully saturated rings. The third-order valence-corrected chi connectivity index (χ3v) is 4.47. The minimum atomic E-state index is -0.754. The molecule has 0 aromatic heterocycles. The Balaban J connectivity index is 0.00000288. The Kier molecular flexibility index (Phi) is 7.79. The molecule has 0 bridgehead atoms. The molecular weight excluding hydrogens is 355 g/mol. The number of aryl methyl sites for hydroxylation is 1. The van der Waals surface area contributed by atoms with Crippen molar-refractivity contribution in [3.05, 3.63) is 22.7 Å². The molecule has 0 unspecified atom stereocenters. The molecule has 8 heteroatoms. The molecule has 0 saturated carbocycles. The summed E-state index contributed by atoms with van der Waals surface area (Å²) in [6, 6.07) is 3.45. The lowest BCUT2D eigenvalue weighted by Gasteiger charge is -2.29. The summed E-state index contributed by atoms with van der Waals surface area (Å²) in [7, 11) is 1.52. The van der Waals surface area contributed by atoms with E-state index in [-0.39, 0.29) is 30.8 Å². The third kappa shape index (κ3) is 5.26. The molecule has 0 spiro atoms. The number of amides is 1. The number of hydrogen-bond donors (Lipinski definition) is 2. The number of nitrogens with zero attached hydrogens (tertiary/aromatic N) is 1. The number of aliphatic carboxylic acids is 1. The number of halogens is 2. The minimum absolute atomic E-state index is 0. The molecule has 134 valence electrons. The smallest absolute Gasteiger partial charge is 0.306 e. The maximum Gasteiger partial charge on any atom is 0.306 e. The largest absolute Gasteiger partial charge is 0.495 e. The molecule has 0 aliphatic carbocycles. The Morgan fingerprint density at radius 2 is 2.00 bits per heavy atom. The number of likely N-dealkylation sites (tertiary alicyclic amines) is 1.